The Labute approximate surface area is 123 Å². The van der Waals surface area contributed by atoms with Crippen molar-refractivity contribution in [1.82, 2.24) is 4.72 Å². The molecule has 1 aromatic rings. The van der Waals surface area contributed by atoms with Crippen molar-refractivity contribution >= 4 is 15.7 Å². The summed E-state index contributed by atoms with van der Waals surface area (Å²) in [4.78, 5) is 0.318. The van der Waals surface area contributed by atoms with E-state index in [2.05, 4.69) is 10.0 Å². The summed E-state index contributed by atoms with van der Waals surface area (Å²) in [7, 11) is -3.46. The number of nitrogens with one attached hydrogen (secondary N) is 2. The largest absolute Gasteiger partial charge is 0.385 e. The monoisotopic (exact) mass is 298 g/mol. The van der Waals surface area contributed by atoms with Crippen molar-refractivity contribution in [3.05, 3.63) is 24.3 Å². The molecule has 0 aliphatic rings. The molecule has 0 heterocycles. The zero-order chi connectivity index (χ0) is 15.2. The van der Waals surface area contributed by atoms with Gasteiger partial charge in [0.05, 0.1) is 4.90 Å². The van der Waals surface area contributed by atoms with Crippen LogP contribution in [0.3, 0.4) is 0 Å². The molecule has 4 nitrogen and oxygen atoms in total. The Hall–Kier alpha value is -1.07. The van der Waals surface area contributed by atoms with Crippen molar-refractivity contribution in [2.75, 3.05) is 11.9 Å². The predicted octanol–water partition coefficient (Wildman–Crippen LogP) is 3.37. The Bertz CT molecular complexity index is 497. The van der Waals surface area contributed by atoms with Gasteiger partial charge in [-0.05, 0) is 50.5 Å². The van der Waals surface area contributed by atoms with Crippen LogP contribution in [0.2, 0.25) is 0 Å². The SMILES string of the molecule is CCNc1ccc(S(=O)(=O)NC(CC)(CC)CC)cc1. The van der Waals surface area contributed by atoms with Crippen LogP contribution in [0.25, 0.3) is 0 Å². The van der Waals surface area contributed by atoms with E-state index in [0.717, 1.165) is 31.5 Å². The van der Waals surface area contributed by atoms with Gasteiger partial charge in [-0.25, -0.2) is 13.1 Å². The zero-order valence-corrected chi connectivity index (χ0v) is 13.7. The third kappa shape index (κ3) is 3.96. The Morgan fingerprint density at radius 2 is 1.45 bits per heavy atom. The van der Waals surface area contributed by atoms with E-state index >= 15 is 0 Å². The van der Waals surface area contributed by atoms with Crippen LogP contribution >= 0.6 is 0 Å². The molecule has 0 aromatic heterocycles. The number of hydrogen-bond acceptors (Lipinski definition) is 3. The van der Waals surface area contributed by atoms with Crippen molar-refractivity contribution in [3.63, 3.8) is 0 Å². The van der Waals surface area contributed by atoms with Crippen LogP contribution in [0.1, 0.15) is 47.0 Å². The maximum atomic E-state index is 12.5. The fourth-order valence-electron chi connectivity index (χ4n) is 2.27. The van der Waals surface area contributed by atoms with Crippen LogP contribution in [-0.2, 0) is 10.0 Å². The van der Waals surface area contributed by atoms with E-state index in [1.165, 1.54) is 0 Å². The van der Waals surface area contributed by atoms with Gasteiger partial charge in [0.25, 0.3) is 0 Å². The fraction of sp³-hybridized carbons (Fsp3) is 0.600. The first-order chi connectivity index (χ1) is 9.43. The lowest BCUT2D eigenvalue weighted by Gasteiger charge is -2.31. The van der Waals surface area contributed by atoms with Gasteiger partial charge in [-0.2, -0.15) is 0 Å². The van der Waals surface area contributed by atoms with E-state index in [1.807, 2.05) is 27.7 Å². The highest BCUT2D eigenvalue weighted by molar-refractivity contribution is 7.89. The lowest BCUT2D eigenvalue weighted by molar-refractivity contribution is 0.341. The summed E-state index contributed by atoms with van der Waals surface area (Å²) in [6, 6.07) is 6.88. The van der Waals surface area contributed by atoms with Gasteiger partial charge in [-0.1, -0.05) is 20.8 Å². The Kier molecular flexibility index (Phi) is 6.02. The molecule has 0 fully saturated rings. The average molecular weight is 298 g/mol. The summed E-state index contributed by atoms with van der Waals surface area (Å²) >= 11 is 0. The van der Waals surface area contributed by atoms with Crippen LogP contribution in [0.4, 0.5) is 5.69 Å². The molecule has 0 spiro atoms. The molecule has 0 aliphatic heterocycles. The first-order valence-electron chi connectivity index (χ1n) is 7.31. The first kappa shape index (κ1) is 17.0. The quantitative estimate of drug-likeness (QED) is 0.773. The topological polar surface area (TPSA) is 58.2 Å². The van der Waals surface area contributed by atoms with Gasteiger partial charge in [0.1, 0.15) is 0 Å². The maximum absolute atomic E-state index is 12.5. The standard InChI is InChI=1S/C15H26N2O2S/c1-5-15(6-2,7-3)17-20(18,19)14-11-9-13(10-12-14)16-8-4/h9-12,16-17H,5-8H2,1-4H3. The summed E-state index contributed by atoms with van der Waals surface area (Å²) in [6.45, 7) is 8.87. The molecule has 0 atom stereocenters. The average Bonchev–Trinajstić information content (AvgIpc) is 2.46. The summed E-state index contributed by atoms with van der Waals surface area (Å²) in [5.74, 6) is 0. The molecular formula is C15H26N2O2S. The van der Waals surface area contributed by atoms with Crippen molar-refractivity contribution in [3.8, 4) is 0 Å². The highest BCUT2D eigenvalue weighted by atomic mass is 32.2. The van der Waals surface area contributed by atoms with Gasteiger partial charge in [0.2, 0.25) is 10.0 Å². The highest BCUT2D eigenvalue weighted by Crippen LogP contribution is 2.23. The number of benzene rings is 1. The van der Waals surface area contributed by atoms with Gasteiger partial charge >= 0.3 is 0 Å². The van der Waals surface area contributed by atoms with Crippen LogP contribution in [0.5, 0.6) is 0 Å². The third-order valence-electron chi connectivity index (χ3n) is 3.93. The van der Waals surface area contributed by atoms with Crippen LogP contribution < -0.4 is 10.0 Å². The summed E-state index contributed by atoms with van der Waals surface area (Å²) in [6.07, 6.45) is 2.36. The van der Waals surface area contributed by atoms with Gasteiger partial charge in [-0.3, -0.25) is 0 Å². The smallest absolute Gasteiger partial charge is 0.241 e. The molecule has 0 saturated carbocycles. The minimum absolute atomic E-state index is 0.318. The third-order valence-corrected chi connectivity index (χ3v) is 5.52. The molecule has 0 aliphatic carbocycles. The van der Waals surface area contributed by atoms with Crippen LogP contribution in [-0.4, -0.2) is 20.5 Å². The molecule has 0 bridgehead atoms. The maximum Gasteiger partial charge on any atom is 0.241 e. The molecule has 0 saturated heterocycles. The number of rotatable bonds is 8. The molecular weight excluding hydrogens is 272 g/mol. The summed E-state index contributed by atoms with van der Waals surface area (Å²) in [5, 5.41) is 3.15. The highest BCUT2D eigenvalue weighted by Gasteiger charge is 2.30. The predicted molar refractivity (Wildman–Crippen MR) is 84.5 cm³/mol. The lowest BCUT2D eigenvalue weighted by atomic mass is 9.91. The number of hydrogen-bond donors (Lipinski definition) is 2. The van der Waals surface area contributed by atoms with Crippen molar-refractivity contribution in [1.29, 1.82) is 0 Å². The first-order valence-corrected chi connectivity index (χ1v) is 8.79. The second kappa shape index (κ2) is 7.09. The molecule has 114 valence electrons. The van der Waals surface area contributed by atoms with Gasteiger partial charge in [0.15, 0.2) is 0 Å². The van der Waals surface area contributed by atoms with E-state index < -0.39 is 10.0 Å². The number of anilines is 1. The van der Waals surface area contributed by atoms with E-state index in [1.54, 1.807) is 24.3 Å². The second-order valence-electron chi connectivity index (χ2n) is 5.00. The lowest BCUT2D eigenvalue weighted by Crippen LogP contribution is -2.46. The van der Waals surface area contributed by atoms with Gasteiger partial charge in [-0.15, -0.1) is 0 Å². The molecule has 2 N–H and O–H groups in total. The van der Waals surface area contributed by atoms with Crippen LogP contribution in [0.15, 0.2) is 29.2 Å². The second-order valence-corrected chi connectivity index (χ2v) is 6.68. The van der Waals surface area contributed by atoms with Crippen molar-refractivity contribution in [2.24, 2.45) is 0 Å². The van der Waals surface area contributed by atoms with Crippen LogP contribution in [0, 0.1) is 0 Å². The Morgan fingerprint density at radius 1 is 0.950 bits per heavy atom. The fourth-order valence-corrected chi connectivity index (χ4v) is 3.88. The molecule has 1 rings (SSSR count). The minimum Gasteiger partial charge on any atom is -0.385 e. The molecule has 0 unspecified atom stereocenters. The van der Waals surface area contributed by atoms with E-state index in [9.17, 15) is 8.42 Å². The van der Waals surface area contributed by atoms with E-state index in [0.29, 0.717) is 4.90 Å². The van der Waals surface area contributed by atoms with Crippen molar-refractivity contribution in [2.45, 2.75) is 57.4 Å². The minimum atomic E-state index is -3.46. The van der Waals surface area contributed by atoms with Gasteiger partial charge < -0.3 is 5.32 Å². The zero-order valence-electron chi connectivity index (χ0n) is 12.9. The van der Waals surface area contributed by atoms with Gasteiger partial charge in [0, 0.05) is 17.8 Å². The molecule has 20 heavy (non-hydrogen) atoms. The molecule has 5 heteroatoms. The Morgan fingerprint density at radius 3 is 1.85 bits per heavy atom. The number of sulfonamides is 1. The summed E-state index contributed by atoms with van der Waals surface area (Å²) in [5.41, 5.74) is 0.582. The molecule has 1 aromatic carbocycles. The van der Waals surface area contributed by atoms with Crippen molar-refractivity contribution < 1.29 is 8.42 Å². The van der Waals surface area contributed by atoms with E-state index in [-0.39, 0.29) is 5.54 Å². The molecule has 0 amide bonds. The van der Waals surface area contributed by atoms with E-state index in [4.69, 9.17) is 0 Å². The normalized spacial score (nSPS) is 12.4. The Balaban J connectivity index is 2.98. The summed E-state index contributed by atoms with van der Waals surface area (Å²) < 4.78 is 27.8. The molecule has 0 radical (unpaired) electrons.